The number of nitriles is 1. The van der Waals surface area contributed by atoms with E-state index in [1.54, 1.807) is 24.3 Å². The Morgan fingerprint density at radius 3 is 2.56 bits per heavy atom. The Labute approximate surface area is 192 Å². The molecule has 2 heterocycles. The molecule has 0 bridgehead atoms. The zero-order chi connectivity index (χ0) is 24.1. The van der Waals surface area contributed by atoms with Crippen molar-refractivity contribution in [2.24, 2.45) is 4.99 Å². The fourth-order valence-corrected chi connectivity index (χ4v) is 2.98. The topological polar surface area (TPSA) is 99.0 Å². The molecule has 2 aromatic carbocycles. The zero-order valence-corrected chi connectivity index (χ0v) is 17.8. The van der Waals surface area contributed by atoms with Crippen LogP contribution in [0, 0.1) is 18.3 Å². The Morgan fingerprint density at radius 2 is 1.91 bits per heavy atom. The number of hydrogen-bond acceptors (Lipinski definition) is 6. The SMILES string of the molecule is Cc1cccc(Nc2[nH]nc(N=Cc3ccc(Oc4ccc(C(F)(F)F)cn4)cc3)c2C#N)c1. The molecule has 0 fully saturated rings. The molecule has 7 nitrogen and oxygen atoms in total. The molecule has 0 amide bonds. The van der Waals surface area contributed by atoms with Crippen LogP contribution in [-0.4, -0.2) is 21.4 Å². The Kier molecular flexibility index (Phi) is 6.27. The quantitative estimate of drug-likeness (QED) is 0.328. The van der Waals surface area contributed by atoms with Crippen molar-refractivity contribution in [1.82, 2.24) is 15.2 Å². The number of hydrogen-bond donors (Lipinski definition) is 2. The third kappa shape index (κ3) is 5.39. The van der Waals surface area contributed by atoms with E-state index in [1.807, 2.05) is 31.2 Å². The zero-order valence-electron chi connectivity index (χ0n) is 17.8. The number of aromatic nitrogens is 3. The van der Waals surface area contributed by atoms with Gasteiger partial charge >= 0.3 is 6.18 Å². The average Bonchev–Trinajstić information content (AvgIpc) is 3.19. The molecule has 0 saturated carbocycles. The summed E-state index contributed by atoms with van der Waals surface area (Å²) in [5, 5.41) is 19.6. The van der Waals surface area contributed by atoms with Crippen molar-refractivity contribution in [1.29, 1.82) is 5.26 Å². The molecule has 0 aliphatic heterocycles. The number of H-pyrrole nitrogens is 1. The molecular formula is C24H17F3N6O. The summed E-state index contributed by atoms with van der Waals surface area (Å²) in [6.45, 7) is 1.97. The maximum absolute atomic E-state index is 12.6. The van der Waals surface area contributed by atoms with Gasteiger partial charge < -0.3 is 10.1 Å². The maximum atomic E-state index is 12.6. The molecule has 0 aliphatic carbocycles. The highest BCUT2D eigenvalue weighted by atomic mass is 19.4. The number of ether oxygens (including phenoxy) is 1. The van der Waals surface area contributed by atoms with E-state index in [4.69, 9.17) is 4.74 Å². The molecule has 4 rings (SSSR count). The summed E-state index contributed by atoms with van der Waals surface area (Å²) < 4.78 is 43.4. The normalized spacial score (nSPS) is 11.4. The molecule has 0 unspecified atom stereocenters. The van der Waals surface area contributed by atoms with Crippen LogP contribution in [0.2, 0.25) is 0 Å². The highest BCUT2D eigenvalue weighted by molar-refractivity contribution is 5.83. The fourth-order valence-electron chi connectivity index (χ4n) is 2.98. The smallest absolute Gasteiger partial charge is 0.417 e. The third-order valence-electron chi connectivity index (χ3n) is 4.65. The van der Waals surface area contributed by atoms with Crippen LogP contribution in [-0.2, 0) is 6.18 Å². The summed E-state index contributed by atoms with van der Waals surface area (Å²) in [7, 11) is 0. The van der Waals surface area contributed by atoms with Gasteiger partial charge in [-0.25, -0.2) is 9.98 Å². The Bertz CT molecular complexity index is 1350. The predicted octanol–water partition coefficient (Wildman–Crippen LogP) is 6.29. The molecule has 10 heteroatoms. The fraction of sp³-hybridized carbons (Fsp3) is 0.0833. The largest absolute Gasteiger partial charge is 0.439 e. The van der Waals surface area contributed by atoms with Crippen molar-refractivity contribution < 1.29 is 17.9 Å². The van der Waals surface area contributed by atoms with E-state index in [9.17, 15) is 18.4 Å². The lowest BCUT2D eigenvalue weighted by molar-refractivity contribution is -0.137. The van der Waals surface area contributed by atoms with E-state index >= 15 is 0 Å². The number of aliphatic imine (C=N–C) groups is 1. The van der Waals surface area contributed by atoms with Crippen LogP contribution < -0.4 is 10.1 Å². The number of anilines is 2. The number of rotatable bonds is 6. The van der Waals surface area contributed by atoms with Crippen LogP contribution in [0.5, 0.6) is 11.6 Å². The van der Waals surface area contributed by atoms with Gasteiger partial charge in [0.05, 0.1) is 5.56 Å². The Balaban J connectivity index is 1.43. The number of benzene rings is 2. The number of alkyl halides is 3. The van der Waals surface area contributed by atoms with Gasteiger partial charge in [0.25, 0.3) is 0 Å². The monoisotopic (exact) mass is 462 g/mol. The molecule has 170 valence electrons. The second-order valence-corrected chi connectivity index (χ2v) is 7.22. The van der Waals surface area contributed by atoms with E-state index in [-0.39, 0.29) is 17.3 Å². The molecular weight excluding hydrogens is 445 g/mol. The number of halogens is 3. The summed E-state index contributed by atoms with van der Waals surface area (Å²) in [6, 6.07) is 18.5. The van der Waals surface area contributed by atoms with E-state index in [1.165, 1.54) is 6.21 Å². The van der Waals surface area contributed by atoms with Crippen LogP contribution >= 0.6 is 0 Å². The molecule has 2 N–H and O–H groups in total. The first-order chi connectivity index (χ1) is 16.3. The molecule has 0 radical (unpaired) electrons. The first kappa shape index (κ1) is 22.5. The first-order valence-electron chi connectivity index (χ1n) is 9.99. The Morgan fingerprint density at radius 1 is 1.12 bits per heavy atom. The molecule has 0 aliphatic rings. The summed E-state index contributed by atoms with van der Waals surface area (Å²) in [5.74, 6) is 1.10. The molecule has 0 saturated heterocycles. The van der Waals surface area contributed by atoms with E-state index < -0.39 is 11.7 Å². The third-order valence-corrected chi connectivity index (χ3v) is 4.65. The molecule has 4 aromatic rings. The summed E-state index contributed by atoms with van der Waals surface area (Å²) in [5.41, 5.74) is 2.01. The van der Waals surface area contributed by atoms with Crippen LogP contribution in [0.3, 0.4) is 0 Å². The van der Waals surface area contributed by atoms with Gasteiger partial charge in [-0.1, -0.05) is 12.1 Å². The number of aryl methyl sites for hydroxylation is 1. The van der Waals surface area contributed by atoms with Crippen molar-refractivity contribution in [3.05, 3.63) is 89.1 Å². The first-order valence-corrected chi connectivity index (χ1v) is 9.99. The van der Waals surface area contributed by atoms with Gasteiger partial charge in [0.1, 0.15) is 23.2 Å². The minimum atomic E-state index is -4.45. The van der Waals surface area contributed by atoms with Crippen molar-refractivity contribution in [2.45, 2.75) is 13.1 Å². The number of nitrogens with one attached hydrogen (secondary N) is 2. The van der Waals surface area contributed by atoms with Gasteiger partial charge in [-0.15, -0.1) is 0 Å². The van der Waals surface area contributed by atoms with Gasteiger partial charge in [-0.3, -0.25) is 5.10 Å². The molecule has 34 heavy (non-hydrogen) atoms. The lowest BCUT2D eigenvalue weighted by Crippen LogP contribution is -2.05. The highest BCUT2D eigenvalue weighted by Crippen LogP contribution is 2.30. The second-order valence-electron chi connectivity index (χ2n) is 7.22. The molecule has 0 atom stereocenters. The minimum absolute atomic E-state index is 0.0400. The van der Waals surface area contributed by atoms with Crippen LogP contribution in [0.1, 0.15) is 22.3 Å². The second kappa shape index (κ2) is 9.46. The summed E-state index contributed by atoms with van der Waals surface area (Å²) >= 11 is 0. The molecule has 0 spiro atoms. The van der Waals surface area contributed by atoms with Crippen LogP contribution in [0.25, 0.3) is 0 Å². The van der Waals surface area contributed by atoms with Gasteiger partial charge in [0.2, 0.25) is 5.88 Å². The lowest BCUT2D eigenvalue weighted by Gasteiger charge is -2.08. The van der Waals surface area contributed by atoms with Crippen LogP contribution in [0.15, 0.2) is 71.9 Å². The summed E-state index contributed by atoms with van der Waals surface area (Å²) in [6.07, 6.45) is -2.20. The van der Waals surface area contributed by atoms with E-state index in [0.29, 0.717) is 17.1 Å². The summed E-state index contributed by atoms with van der Waals surface area (Å²) in [4.78, 5) is 7.96. The minimum Gasteiger partial charge on any atom is -0.439 e. The number of pyridine rings is 1. The Hall–Kier alpha value is -4.65. The van der Waals surface area contributed by atoms with E-state index in [0.717, 1.165) is 29.6 Å². The maximum Gasteiger partial charge on any atom is 0.417 e. The van der Waals surface area contributed by atoms with Crippen molar-refractivity contribution in [3.8, 4) is 17.7 Å². The van der Waals surface area contributed by atoms with Crippen molar-refractivity contribution in [3.63, 3.8) is 0 Å². The number of aromatic amines is 1. The standard InChI is InChI=1S/C24H17F3N6O/c1-15-3-2-4-18(11-15)31-23-20(12-28)22(32-33-23)30-13-16-5-8-19(9-6-16)34-21-10-7-17(14-29-21)24(25,26)27/h2-11,13-14H,1H3,(H2,31,32,33). The van der Waals surface area contributed by atoms with Gasteiger partial charge in [0, 0.05) is 24.2 Å². The highest BCUT2D eigenvalue weighted by Gasteiger charge is 2.30. The van der Waals surface area contributed by atoms with E-state index in [2.05, 4.69) is 31.6 Å². The van der Waals surface area contributed by atoms with Gasteiger partial charge in [-0.2, -0.15) is 23.5 Å². The molecule has 2 aromatic heterocycles. The van der Waals surface area contributed by atoms with Crippen LogP contribution in [0.4, 0.5) is 30.5 Å². The van der Waals surface area contributed by atoms with Gasteiger partial charge in [0.15, 0.2) is 5.82 Å². The average molecular weight is 462 g/mol. The predicted molar refractivity (Wildman–Crippen MR) is 121 cm³/mol. The van der Waals surface area contributed by atoms with Crippen molar-refractivity contribution in [2.75, 3.05) is 5.32 Å². The van der Waals surface area contributed by atoms with Crippen molar-refractivity contribution >= 4 is 23.5 Å². The lowest BCUT2D eigenvalue weighted by atomic mass is 10.2. The number of nitrogens with zero attached hydrogens (tertiary/aromatic N) is 4. The van der Waals surface area contributed by atoms with Gasteiger partial charge in [-0.05, 0) is 60.5 Å².